The van der Waals surface area contributed by atoms with E-state index in [-0.39, 0.29) is 11.4 Å². The molecule has 0 bridgehead atoms. The predicted molar refractivity (Wildman–Crippen MR) is 145 cm³/mol. The first-order valence-corrected chi connectivity index (χ1v) is 13.6. The van der Waals surface area contributed by atoms with Gasteiger partial charge in [-0.25, -0.2) is 13.8 Å². The number of nitrogens with zero attached hydrogens (tertiary/aromatic N) is 2. The Morgan fingerprint density at radius 1 is 1.00 bits per heavy atom. The first-order chi connectivity index (χ1) is 16.5. The maximum atomic E-state index is 13.7. The van der Waals surface area contributed by atoms with Crippen molar-refractivity contribution in [2.24, 2.45) is 5.10 Å². The van der Waals surface area contributed by atoms with Crippen molar-refractivity contribution in [2.75, 3.05) is 6.54 Å². The Hall–Kier alpha value is -2.23. The molecule has 1 amide bonds. The van der Waals surface area contributed by atoms with E-state index in [1.54, 1.807) is 44.2 Å². The summed E-state index contributed by atoms with van der Waals surface area (Å²) in [6.45, 7) is 4.88. The Morgan fingerprint density at radius 2 is 1.63 bits per heavy atom. The second-order valence-electron chi connectivity index (χ2n) is 8.09. The van der Waals surface area contributed by atoms with Crippen molar-refractivity contribution in [2.45, 2.75) is 32.2 Å². The van der Waals surface area contributed by atoms with Gasteiger partial charge in [-0.05, 0) is 67.3 Å². The number of hydrogen-bond acceptors (Lipinski definition) is 4. The van der Waals surface area contributed by atoms with E-state index in [0.29, 0.717) is 26.7 Å². The molecular weight excluding hydrogens is 573 g/mol. The molecule has 0 saturated heterocycles. The van der Waals surface area contributed by atoms with Gasteiger partial charge < -0.3 is 0 Å². The van der Waals surface area contributed by atoms with Crippen molar-refractivity contribution < 1.29 is 13.2 Å². The van der Waals surface area contributed by atoms with Crippen LogP contribution in [0.4, 0.5) is 0 Å². The molecule has 0 heterocycles. The largest absolute Gasteiger partial charge is 0.272 e. The second kappa shape index (κ2) is 11.7. The van der Waals surface area contributed by atoms with Crippen molar-refractivity contribution in [1.82, 2.24) is 9.73 Å². The maximum absolute atomic E-state index is 13.7. The van der Waals surface area contributed by atoms with Crippen molar-refractivity contribution >= 4 is 61.3 Å². The maximum Gasteiger partial charge on any atom is 0.255 e. The molecule has 0 atom stereocenters. The van der Waals surface area contributed by atoms with Gasteiger partial charge in [-0.2, -0.15) is 9.41 Å². The fourth-order valence-corrected chi connectivity index (χ4v) is 6.07. The third-order valence-electron chi connectivity index (χ3n) is 5.14. The monoisotopic (exact) mass is 595 g/mol. The van der Waals surface area contributed by atoms with Gasteiger partial charge in [0.1, 0.15) is 0 Å². The van der Waals surface area contributed by atoms with Crippen molar-refractivity contribution in [1.29, 1.82) is 0 Å². The van der Waals surface area contributed by atoms with Crippen LogP contribution in [0.3, 0.4) is 0 Å². The Labute approximate surface area is 224 Å². The summed E-state index contributed by atoms with van der Waals surface area (Å²) in [7, 11) is -4.04. The third-order valence-corrected chi connectivity index (χ3v) is 8.50. The molecule has 3 aromatic rings. The molecule has 184 valence electrons. The van der Waals surface area contributed by atoms with Gasteiger partial charge in [-0.1, -0.05) is 75.0 Å². The summed E-state index contributed by atoms with van der Waals surface area (Å²) >= 11 is 15.5. The van der Waals surface area contributed by atoms with Gasteiger partial charge in [0, 0.05) is 11.0 Å². The van der Waals surface area contributed by atoms with Crippen molar-refractivity contribution in [3.05, 3.63) is 96.9 Å². The fraction of sp³-hybridized carbons (Fsp3) is 0.200. The standard InChI is InChI=1S/C25H24BrCl2N3O3S/c1-16-10-17(2)25(18(3)11-16)35(33,34)31(14-20-6-9-22(27)23(28)12-20)15-24(32)30-29-13-19-4-7-21(26)8-5-19/h4-13H,14-15H2,1-3H3,(H,30,32)/b29-13+. The zero-order valence-electron chi connectivity index (χ0n) is 19.3. The number of sulfonamides is 1. The lowest BCUT2D eigenvalue weighted by molar-refractivity contribution is -0.121. The van der Waals surface area contributed by atoms with Crippen LogP contribution in [0, 0.1) is 20.8 Å². The van der Waals surface area contributed by atoms with Gasteiger partial charge in [-0.15, -0.1) is 0 Å². The van der Waals surface area contributed by atoms with E-state index >= 15 is 0 Å². The molecule has 0 spiro atoms. The van der Waals surface area contributed by atoms with Gasteiger partial charge in [0.05, 0.1) is 27.7 Å². The number of carbonyl (C=O) groups is 1. The normalized spacial score (nSPS) is 11.9. The smallest absolute Gasteiger partial charge is 0.255 e. The van der Waals surface area contributed by atoms with E-state index in [1.165, 1.54) is 6.21 Å². The van der Waals surface area contributed by atoms with Crippen LogP contribution in [0.15, 0.2) is 69.1 Å². The van der Waals surface area contributed by atoms with Crippen LogP contribution in [0.5, 0.6) is 0 Å². The number of amides is 1. The molecule has 35 heavy (non-hydrogen) atoms. The first-order valence-electron chi connectivity index (χ1n) is 10.6. The lowest BCUT2D eigenvalue weighted by Gasteiger charge is -2.24. The Balaban J connectivity index is 1.89. The Bertz CT molecular complexity index is 1350. The minimum atomic E-state index is -4.04. The predicted octanol–water partition coefficient (Wildman–Crippen LogP) is 6.02. The molecule has 0 saturated carbocycles. The van der Waals surface area contributed by atoms with Crippen LogP contribution in [0.2, 0.25) is 10.0 Å². The molecule has 6 nitrogen and oxygen atoms in total. The molecule has 10 heteroatoms. The minimum Gasteiger partial charge on any atom is -0.272 e. The van der Waals surface area contributed by atoms with Crippen LogP contribution in [-0.2, 0) is 21.4 Å². The molecule has 0 aromatic heterocycles. The zero-order valence-corrected chi connectivity index (χ0v) is 23.3. The van der Waals surface area contributed by atoms with Gasteiger partial charge in [0.25, 0.3) is 5.91 Å². The van der Waals surface area contributed by atoms with Crippen LogP contribution in [0.25, 0.3) is 0 Å². The minimum absolute atomic E-state index is 0.0736. The number of benzene rings is 3. The van der Waals surface area contributed by atoms with Crippen molar-refractivity contribution in [3.63, 3.8) is 0 Å². The molecule has 3 rings (SSSR count). The molecule has 1 N–H and O–H groups in total. The number of hydrogen-bond donors (Lipinski definition) is 1. The van der Waals surface area contributed by atoms with Gasteiger partial charge in [-0.3, -0.25) is 4.79 Å². The van der Waals surface area contributed by atoms with E-state index in [4.69, 9.17) is 23.2 Å². The summed E-state index contributed by atoms with van der Waals surface area (Å²) in [5.74, 6) is -0.579. The number of halogens is 3. The second-order valence-corrected chi connectivity index (χ2v) is 11.7. The molecule has 0 aliphatic carbocycles. The number of hydrazone groups is 1. The van der Waals surface area contributed by atoms with Crippen LogP contribution < -0.4 is 5.43 Å². The molecule has 3 aromatic carbocycles. The van der Waals surface area contributed by atoms with Crippen LogP contribution in [0.1, 0.15) is 27.8 Å². The number of nitrogens with one attached hydrogen (secondary N) is 1. The fourth-order valence-electron chi connectivity index (χ4n) is 3.69. The summed E-state index contributed by atoms with van der Waals surface area (Å²) in [6, 6.07) is 15.8. The summed E-state index contributed by atoms with van der Waals surface area (Å²) in [5, 5.41) is 4.61. The summed E-state index contributed by atoms with van der Waals surface area (Å²) in [4.78, 5) is 12.9. The first kappa shape index (κ1) is 27.4. The summed E-state index contributed by atoms with van der Waals surface area (Å²) in [6.07, 6.45) is 1.48. The molecule has 0 aliphatic heterocycles. The van der Waals surface area contributed by atoms with Gasteiger partial charge >= 0.3 is 0 Å². The average Bonchev–Trinajstić information content (AvgIpc) is 2.76. The molecule has 0 unspecified atom stereocenters. The van der Waals surface area contributed by atoms with E-state index in [9.17, 15) is 13.2 Å². The van der Waals surface area contributed by atoms with Crippen LogP contribution >= 0.6 is 39.1 Å². The van der Waals surface area contributed by atoms with E-state index < -0.39 is 22.5 Å². The number of carbonyl (C=O) groups excluding carboxylic acids is 1. The average molecular weight is 597 g/mol. The number of rotatable bonds is 8. The third kappa shape index (κ3) is 7.15. The van der Waals surface area contributed by atoms with Gasteiger partial charge in [0.2, 0.25) is 10.0 Å². The topological polar surface area (TPSA) is 78.8 Å². The molecule has 0 aliphatic rings. The highest BCUT2D eigenvalue weighted by molar-refractivity contribution is 9.10. The molecule has 0 radical (unpaired) electrons. The molecular formula is C25H24BrCl2N3O3S. The Morgan fingerprint density at radius 3 is 2.23 bits per heavy atom. The van der Waals surface area contributed by atoms with E-state index in [0.717, 1.165) is 19.9 Å². The quantitative estimate of drug-likeness (QED) is 0.255. The van der Waals surface area contributed by atoms with Crippen LogP contribution in [-0.4, -0.2) is 31.4 Å². The van der Waals surface area contributed by atoms with E-state index in [2.05, 4.69) is 26.5 Å². The number of aryl methyl sites for hydroxylation is 3. The van der Waals surface area contributed by atoms with Crippen molar-refractivity contribution in [3.8, 4) is 0 Å². The zero-order chi connectivity index (χ0) is 25.8. The lowest BCUT2D eigenvalue weighted by atomic mass is 10.1. The highest BCUT2D eigenvalue weighted by Crippen LogP contribution is 2.28. The highest BCUT2D eigenvalue weighted by Gasteiger charge is 2.30. The van der Waals surface area contributed by atoms with Gasteiger partial charge in [0.15, 0.2) is 0 Å². The highest BCUT2D eigenvalue weighted by atomic mass is 79.9. The van der Waals surface area contributed by atoms with E-state index in [1.807, 2.05) is 31.2 Å². The molecule has 0 fully saturated rings. The SMILES string of the molecule is Cc1cc(C)c(S(=O)(=O)N(CC(=O)N/N=C/c2ccc(Br)cc2)Cc2ccc(Cl)c(Cl)c2)c(C)c1. The summed E-state index contributed by atoms with van der Waals surface area (Å²) in [5.41, 5.74) is 5.95. The summed E-state index contributed by atoms with van der Waals surface area (Å²) < 4.78 is 29.5. The lowest BCUT2D eigenvalue weighted by Crippen LogP contribution is -2.39. The Kier molecular flexibility index (Phi) is 9.12.